The second-order valence-electron chi connectivity index (χ2n) is 6.52. The molecule has 2 aromatic rings. The molecule has 0 saturated carbocycles. The lowest BCUT2D eigenvalue weighted by atomic mass is 9.90. The second-order valence-corrected chi connectivity index (χ2v) is 7.39. The fourth-order valence-corrected chi connectivity index (χ4v) is 3.44. The van der Waals surface area contributed by atoms with E-state index < -0.39 is 12.6 Å². The predicted octanol–water partition coefficient (Wildman–Crippen LogP) is 4.77. The van der Waals surface area contributed by atoms with E-state index in [-0.39, 0.29) is 5.41 Å². The first-order chi connectivity index (χ1) is 12.1. The van der Waals surface area contributed by atoms with Crippen molar-refractivity contribution in [3.05, 3.63) is 69.7 Å². The molecule has 2 aromatic carbocycles. The monoisotopic (exact) mass is 380 g/mol. The Balaban J connectivity index is 1.36. The van der Waals surface area contributed by atoms with Gasteiger partial charge in [0.15, 0.2) is 12.6 Å². The third kappa shape index (κ3) is 3.85. The van der Waals surface area contributed by atoms with Crippen LogP contribution in [0.3, 0.4) is 0 Å². The van der Waals surface area contributed by atoms with E-state index in [1.165, 1.54) is 0 Å². The lowest BCUT2D eigenvalue weighted by Crippen LogP contribution is -2.49. The van der Waals surface area contributed by atoms with E-state index in [4.69, 9.17) is 42.1 Å². The molecule has 6 heteroatoms. The molecular weight excluding hydrogens is 363 g/mol. The van der Waals surface area contributed by atoms with Crippen molar-refractivity contribution < 1.29 is 18.9 Å². The Morgan fingerprint density at radius 2 is 1.08 bits per heavy atom. The molecule has 4 nitrogen and oxygen atoms in total. The number of ether oxygens (including phenoxy) is 4. The van der Waals surface area contributed by atoms with Crippen LogP contribution in [0.5, 0.6) is 0 Å². The van der Waals surface area contributed by atoms with Crippen LogP contribution in [0.2, 0.25) is 10.0 Å². The van der Waals surface area contributed by atoms with Gasteiger partial charge in [0.05, 0.1) is 31.8 Å². The molecule has 0 aliphatic carbocycles. The molecule has 2 saturated heterocycles. The Kier molecular flexibility index (Phi) is 5.00. The van der Waals surface area contributed by atoms with Crippen LogP contribution in [-0.4, -0.2) is 26.4 Å². The van der Waals surface area contributed by atoms with E-state index in [1.54, 1.807) is 0 Å². The smallest absolute Gasteiger partial charge is 0.183 e. The molecule has 4 rings (SSSR count). The Hall–Kier alpha value is -1.14. The standard InChI is InChI=1S/C19H18Cl2O4/c20-15-5-1-3-13(7-15)17-22-9-19(10-23-17)11-24-18(25-12-19)14-4-2-6-16(21)8-14/h1-8,17-18H,9-12H2. The minimum Gasteiger partial charge on any atom is -0.348 e. The van der Waals surface area contributed by atoms with Crippen molar-refractivity contribution in [2.45, 2.75) is 12.6 Å². The SMILES string of the molecule is Clc1cccc(C2OCC3(CO2)COC(c2cccc(Cl)c2)OC3)c1. The summed E-state index contributed by atoms with van der Waals surface area (Å²) in [7, 11) is 0. The zero-order valence-electron chi connectivity index (χ0n) is 13.5. The molecule has 2 fully saturated rings. The van der Waals surface area contributed by atoms with Crippen LogP contribution in [0.1, 0.15) is 23.7 Å². The van der Waals surface area contributed by atoms with E-state index >= 15 is 0 Å². The minimum absolute atomic E-state index is 0.288. The first-order valence-electron chi connectivity index (χ1n) is 8.11. The summed E-state index contributed by atoms with van der Waals surface area (Å²) in [6.45, 7) is 2.03. The maximum atomic E-state index is 6.03. The molecule has 0 N–H and O–H groups in total. The van der Waals surface area contributed by atoms with Gasteiger partial charge in [0.1, 0.15) is 0 Å². The van der Waals surface area contributed by atoms with Gasteiger partial charge in [-0.1, -0.05) is 47.5 Å². The highest BCUT2D eigenvalue weighted by molar-refractivity contribution is 6.30. The Morgan fingerprint density at radius 1 is 0.680 bits per heavy atom. The average molecular weight is 381 g/mol. The van der Waals surface area contributed by atoms with E-state index in [0.717, 1.165) is 11.1 Å². The van der Waals surface area contributed by atoms with Gasteiger partial charge in [-0.2, -0.15) is 0 Å². The van der Waals surface area contributed by atoms with Gasteiger partial charge in [0, 0.05) is 21.2 Å². The van der Waals surface area contributed by atoms with E-state index in [0.29, 0.717) is 36.5 Å². The molecule has 0 aromatic heterocycles. The van der Waals surface area contributed by atoms with Gasteiger partial charge in [0.25, 0.3) is 0 Å². The summed E-state index contributed by atoms with van der Waals surface area (Å²) >= 11 is 12.1. The van der Waals surface area contributed by atoms with Gasteiger partial charge in [0.2, 0.25) is 0 Å². The van der Waals surface area contributed by atoms with Crippen LogP contribution < -0.4 is 0 Å². The average Bonchev–Trinajstić information content (AvgIpc) is 2.63. The molecule has 25 heavy (non-hydrogen) atoms. The van der Waals surface area contributed by atoms with Crippen molar-refractivity contribution in [3.63, 3.8) is 0 Å². The van der Waals surface area contributed by atoms with Crippen LogP contribution in [0, 0.1) is 5.41 Å². The maximum absolute atomic E-state index is 6.03. The van der Waals surface area contributed by atoms with Crippen molar-refractivity contribution >= 4 is 23.2 Å². The van der Waals surface area contributed by atoms with Gasteiger partial charge in [-0.15, -0.1) is 0 Å². The fourth-order valence-electron chi connectivity index (χ4n) is 3.05. The van der Waals surface area contributed by atoms with Gasteiger partial charge in [-0.05, 0) is 24.3 Å². The van der Waals surface area contributed by atoms with E-state index in [1.807, 2.05) is 48.5 Å². The van der Waals surface area contributed by atoms with Crippen LogP contribution in [0.25, 0.3) is 0 Å². The van der Waals surface area contributed by atoms with Crippen LogP contribution in [0.15, 0.2) is 48.5 Å². The highest BCUT2D eigenvalue weighted by Gasteiger charge is 2.42. The largest absolute Gasteiger partial charge is 0.348 e. The van der Waals surface area contributed by atoms with Gasteiger partial charge >= 0.3 is 0 Å². The zero-order valence-corrected chi connectivity index (χ0v) is 15.0. The summed E-state index contributed by atoms with van der Waals surface area (Å²) in [4.78, 5) is 0. The quantitative estimate of drug-likeness (QED) is 0.751. The zero-order chi connectivity index (χ0) is 17.3. The first kappa shape index (κ1) is 17.3. The molecule has 0 bridgehead atoms. The Labute approximate surface area is 156 Å². The number of hydrogen-bond donors (Lipinski definition) is 0. The molecule has 0 amide bonds. The van der Waals surface area contributed by atoms with Crippen LogP contribution in [-0.2, 0) is 18.9 Å². The molecule has 2 aliphatic rings. The Morgan fingerprint density at radius 3 is 1.44 bits per heavy atom. The second kappa shape index (κ2) is 7.23. The third-order valence-electron chi connectivity index (χ3n) is 4.41. The van der Waals surface area contributed by atoms with Crippen molar-refractivity contribution in [1.29, 1.82) is 0 Å². The molecule has 0 atom stereocenters. The first-order valence-corrected chi connectivity index (χ1v) is 8.87. The van der Waals surface area contributed by atoms with E-state index in [9.17, 15) is 0 Å². The normalized spacial score (nSPS) is 29.7. The number of benzene rings is 2. The third-order valence-corrected chi connectivity index (χ3v) is 4.88. The van der Waals surface area contributed by atoms with E-state index in [2.05, 4.69) is 0 Å². The van der Waals surface area contributed by atoms with Crippen molar-refractivity contribution in [3.8, 4) is 0 Å². The molecule has 2 heterocycles. The maximum Gasteiger partial charge on any atom is 0.183 e. The lowest BCUT2D eigenvalue weighted by molar-refractivity contribution is -0.307. The van der Waals surface area contributed by atoms with Gasteiger partial charge in [-0.25, -0.2) is 0 Å². The molecular formula is C19H18Cl2O4. The summed E-state index contributed by atoms with van der Waals surface area (Å²) in [6.07, 6.45) is -0.815. The molecule has 132 valence electrons. The summed E-state index contributed by atoms with van der Waals surface area (Å²) in [5.41, 5.74) is 1.54. The molecule has 0 unspecified atom stereocenters. The van der Waals surface area contributed by atoms with Crippen molar-refractivity contribution in [2.24, 2.45) is 5.41 Å². The highest BCUT2D eigenvalue weighted by atomic mass is 35.5. The van der Waals surface area contributed by atoms with Crippen LogP contribution >= 0.6 is 23.2 Å². The predicted molar refractivity (Wildman–Crippen MR) is 94.6 cm³/mol. The molecule has 0 radical (unpaired) electrons. The van der Waals surface area contributed by atoms with Gasteiger partial charge < -0.3 is 18.9 Å². The molecule has 2 aliphatic heterocycles. The fraction of sp³-hybridized carbons (Fsp3) is 0.368. The number of rotatable bonds is 2. The minimum atomic E-state index is -0.407. The topological polar surface area (TPSA) is 36.9 Å². The summed E-state index contributed by atoms with van der Waals surface area (Å²) in [6, 6.07) is 15.0. The Bertz CT molecular complexity index is 669. The lowest BCUT2D eigenvalue weighted by Gasteiger charge is -2.43. The van der Waals surface area contributed by atoms with Crippen molar-refractivity contribution in [1.82, 2.24) is 0 Å². The number of hydrogen-bond acceptors (Lipinski definition) is 4. The summed E-state index contributed by atoms with van der Waals surface area (Å²) in [5.74, 6) is 0. The van der Waals surface area contributed by atoms with Gasteiger partial charge in [-0.3, -0.25) is 0 Å². The highest BCUT2D eigenvalue weighted by Crippen LogP contribution is 2.38. The van der Waals surface area contributed by atoms with Crippen LogP contribution in [0.4, 0.5) is 0 Å². The van der Waals surface area contributed by atoms with Crippen molar-refractivity contribution in [2.75, 3.05) is 26.4 Å². The number of halogens is 2. The molecule has 1 spiro atoms. The summed E-state index contributed by atoms with van der Waals surface area (Å²) in [5, 5.41) is 1.33. The summed E-state index contributed by atoms with van der Waals surface area (Å²) < 4.78 is 23.6.